The molecule has 1 aliphatic rings. The Kier molecular flexibility index (Phi) is 4.30. The minimum atomic E-state index is -0.232. The van der Waals surface area contributed by atoms with Gasteiger partial charge in [-0.15, -0.1) is 0 Å². The second-order valence-electron chi connectivity index (χ2n) is 5.02. The number of nitrogens with two attached hydrogens (primary N) is 1. The quantitative estimate of drug-likeness (QED) is 0.850. The summed E-state index contributed by atoms with van der Waals surface area (Å²) in [4.78, 5) is 2.62. The lowest BCUT2D eigenvalue weighted by Gasteiger charge is -2.25. The van der Waals surface area contributed by atoms with Crippen molar-refractivity contribution in [3.05, 3.63) is 35.1 Å². The molecule has 0 aromatic heterocycles. The van der Waals surface area contributed by atoms with Crippen molar-refractivity contribution in [1.29, 1.82) is 0 Å². The van der Waals surface area contributed by atoms with Gasteiger partial charge in [-0.3, -0.25) is 4.90 Å². The van der Waals surface area contributed by atoms with Gasteiger partial charge >= 0.3 is 0 Å². The van der Waals surface area contributed by atoms with Gasteiger partial charge in [0.1, 0.15) is 10.8 Å². The smallest absolute Gasteiger partial charge is 0.123 e. The second-order valence-corrected chi connectivity index (χ2v) is 5.46. The molecule has 0 amide bonds. The molecule has 18 heavy (non-hydrogen) atoms. The number of benzene rings is 1. The number of rotatable bonds is 4. The zero-order chi connectivity index (χ0) is 13.1. The molecule has 2 nitrogen and oxygen atoms in total. The molecule has 1 aromatic rings. The fourth-order valence-electron chi connectivity index (χ4n) is 2.68. The van der Waals surface area contributed by atoms with Crippen LogP contribution in [0.2, 0.25) is 0 Å². The molecule has 0 heterocycles. The van der Waals surface area contributed by atoms with Crippen molar-refractivity contribution in [2.24, 2.45) is 5.73 Å². The third kappa shape index (κ3) is 3.06. The molecule has 1 aromatic carbocycles. The maximum absolute atomic E-state index is 13.3. The normalized spacial score (nSPS) is 16.4. The first-order chi connectivity index (χ1) is 8.58. The van der Waals surface area contributed by atoms with E-state index < -0.39 is 0 Å². The molecular weight excluding hydrogens is 247 g/mol. The summed E-state index contributed by atoms with van der Waals surface area (Å²) < 4.78 is 13.3. The summed E-state index contributed by atoms with van der Waals surface area (Å²) in [5.41, 5.74) is 7.36. The van der Waals surface area contributed by atoms with E-state index in [-0.39, 0.29) is 5.82 Å². The van der Waals surface area contributed by atoms with Gasteiger partial charge in [-0.05, 0) is 43.7 Å². The first-order valence-corrected chi connectivity index (χ1v) is 6.77. The molecule has 0 unspecified atom stereocenters. The van der Waals surface area contributed by atoms with Crippen molar-refractivity contribution in [1.82, 2.24) is 4.90 Å². The molecule has 4 heteroatoms. The zero-order valence-electron chi connectivity index (χ0n) is 10.7. The SMILES string of the molecule is CN(Cc1cc(F)ccc1C(N)=S)C1CCCC1. The average molecular weight is 266 g/mol. The third-order valence-corrected chi connectivity index (χ3v) is 3.92. The summed E-state index contributed by atoms with van der Waals surface area (Å²) >= 11 is 5.02. The van der Waals surface area contributed by atoms with Crippen molar-refractivity contribution in [2.45, 2.75) is 38.3 Å². The Bertz CT molecular complexity index is 441. The Morgan fingerprint density at radius 3 is 2.72 bits per heavy atom. The summed E-state index contributed by atoms with van der Waals surface area (Å²) in [6.45, 7) is 0.703. The van der Waals surface area contributed by atoms with Gasteiger partial charge in [-0.1, -0.05) is 25.1 Å². The molecule has 0 aliphatic heterocycles. The van der Waals surface area contributed by atoms with Crippen LogP contribution in [-0.2, 0) is 6.54 Å². The molecule has 2 rings (SSSR count). The third-order valence-electron chi connectivity index (χ3n) is 3.70. The Morgan fingerprint density at radius 2 is 2.11 bits per heavy atom. The Hall–Kier alpha value is -1.00. The first-order valence-electron chi connectivity index (χ1n) is 6.36. The fraction of sp³-hybridized carbons (Fsp3) is 0.500. The van der Waals surface area contributed by atoms with Crippen LogP contribution >= 0.6 is 12.2 Å². The van der Waals surface area contributed by atoms with E-state index in [4.69, 9.17) is 18.0 Å². The van der Waals surface area contributed by atoms with Gasteiger partial charge in [0.15, 0.2) is 0 Å². The number of halogens is 1. The molecule has 1 aliphatic carbocycles. The van der Waals surface area contributed by atoms with Gasteiger partial charge in [0.2, 0.25) is 0 Å². The van der Waals surface area contributed by atoms with Crippen LogP contribution in [0.1, 0.15) is 36.8 Å². The van der Waals surface area contributed by atoms with Gasteiger partial charge in [-0.25, -0.2) is 4.39 Å². The molecule has 0 spiro atoms. The van der Waals surface area contributed by atoms with Gasteiger partial charge in [0.25, 0.3) is 0 Å². The predicted molar refractivity (Wildman–Crippen MR) is 76.0 cm³/mol. The average Bonchev–Trinajstić information content (AvgIpc) is 2.81. The summed E-state index contributed by atoms with van der Waals surface area (Å²) in [5, 5.41) is 0. The molecular formula is C14H19FN2S. The highest BCUT2D eigenvalue weighted by atomic mass is 32.1. The van der Waals surface area contributed by atoms with E-state index >= 15 is 0 Å². The topological polar surface area (TPSA) is 29.3 Å². The van der Waals surface area contributed by atoms with Crippen molar-refractivity contribution >= 4 is 17.2 Å². The summed E-state index contributed by atoms with van der Waals surface area (Å²) in [7, 11) is 2.09. The van der Waals surface area contributed by atoms with Crippen LogP contribution in [0.25, 0.3) is 0 Å². The van der Waals surface area contributed by atoms with Gasteiger partial charge in [0.05, 0.1) is 0 Å². The van der Waals surface area contributed by atoms with Crippen molar-refractivity contribution in [3.63, 3.8) is 0 Å². The number of nitrogens with zero attached hydrogens (tertiary/aromatic N) is 1. The maximum Gasteiger partial charge on any atom is 0.123 e. The largest absolute Gasteiger partial charge is 0.389 e. The van der Waals surface area contributed by atoms with Gasteiger partial charge in [-0.2, -0.15) is 0 Å². The van der Waals surface area contributed by atoms with Crippen LogP contribution < -0.4 is 5.73 Å². The Labute approximate surface area is 113 Å². The minimum Gasteiger partial charge on any atom is -0.389 e. The number of hydrogen-bond acceptors (Lipinski definition) is 2. The van der Waals surface area contributed by atoms with Crippen LogP contribution in [0.5, 0.6) is 0 Å². The lowest BCUT2D eigenvalue weighted by Crippen LogP contribution is -2.29. The molecule has 0 saturated heterocycles. The van der Waals surface area contributed by atoms with Crippen LogP contribution in [0.15, 0.2) is 18.2 Å². The van der Waals surface area contributed by atoms with Gasteiger partial charge in [0, 0.05) is 18.2 Å². The number of hydrogen-bond donors (Lipinski definition) is 1. The highest BCUT2D eigenvalue weighted by molar-refractivity contribution is 7.80. The van der Waals surface area contributed by atoms with E-state index in [1.54, 1.807) is 12.1 Å². The second kappa shape index (κ2) is 5.76. The zero-order valence-corrected chi connectivity index (χ0v) is 11.5. The Morgan fingerprint density at radius 1 is 1.44 bits per heavy atom. The standard InChI is InChI=1S/C14H19FN2S/c1-17(12-4-2-3-5-12)9-10-8-11(15)6-7-13(10)14(16)18/h6-8,12H,2-5,9H2,1H3,(H2,16,18). The first kappa shape index (κ1) is 13.4. The van der Waals surface area contributed by atoms with E-state index in [1.807, 2.05) is 0 Å². The predicted octanol–water partition coefficient (Wildman–Crippen LogP) is 2.83. The molecule has 0 bridgehead atoms. The monoisotopic (exact) mass is 266 g/mol. The van der Waals surface area contributed by atoms with Crippen LogP contribution in [0.3, 0.4) is 0 Å². The van der Waals surface area contributed by atoms with Crippen molar-refractivity contribution in [3.8, 4) is 0 Å². The van der Waals surface area contributed by atoms with E-state index in [1.165, 1.54) is 31.7 Å². The molecule has 98 valence electrons. The van der Waals surface area contributed by atoms with Crippen molar-refractivity contribution < 1.29 is 4.39 Å². The molecule has 2 N–H and O–H groups in total. The summed E-state index contributed by atoms with van der Waals surface area (Å²) in [6, 6.07) is 5.23. The lowest BCUT2D eigenvalue weighted by molar-refractivity contribution is 0.237. The number of thiocarbonyl (C=S) groups is 1. The van der Waals surface area contributed by atoms with E-state index in [2.05, 4.69) is 11.9 Å². The molecule has 1 saturated carbocycles. The lowest BCUT2D eigenvalue weighted by atomic mass is 10.1. The van der Waals surface area contributed by atoms with E-state index in [0.29, 0.717) is 17.6 Å². The van der Waals surface area contributed by atoms with E-state index in [0.717, 1.165) is 11.1 Å². The minimum absolute atomic E-state index is 0.232. The molecule has 0 atom stereocenters. The van der Waals surface area contributed by atoms with E-state index in [9.17, 15) is 4.39 Å². The molecule has 0 radical (unpaired) electrons. The van der Waals surface area contributed by atoms with Crippen LogP contribution in [0, 0.1) is 5.82 Å². The molecule has 1 fully saturated rings. The van der Waals surface area contributed by atoms with Gasteiger partial charge < -0.3 is 5.73 Å². The summed E-state index contributed by atoms with van der Waals surface area (Å²) in [6.07, 6.45) is 5.04. The highest BCUT2D eigenvalue weighted by Crippen LogP contribution is 2.24. The van der Waals surface area contributed by atoms with Crippen LogP contribution in [0.4, 0.5) is 4.39 Å². The fourth-order valence-corrected chi connectivity index (χ4v) is 2.88. The maximum atomic E-state index is 13.3. The highest BCUT2D eigenvalue weighted by Gasteiger charge is 2.20. The van der Waals surface area contributed by atoms with Crippen LogP contribution in [-0.4, -0.2) is 23.0 Å². The van der Waals surface area contributed by atoms with Crippen molar-refractivity contribution in [2.75, 3.05) is 7.05 Å². The summed E-state index contributed by atoms with van der Waals surface area (Å²) in [5.74, 6) is -0.232. The Balaban J connectivity index is 2.16.